The Kier molecular flexibility index (Phi) is 5.45. The van der Waals surface area contributed by atoms with Crippen LogP contribution in [-0.2, 0) is 14.4 Å². The van der Waals surface area contributed by atoms with Crippen molar-refractivity contribution in [2.75, 3.05) is 11.9 Å². The molecule has 25 heavy (non-hydrogen) atoms. The largest absolute Gasteiger partial charge is 0.325 e. The van der Waals surface area contributed by atoms with Crippen LogP contribution in [0.15, 0.2) is 30.4 Å². The van der Waals surface area contributed by atoms with Crippen LogP contribution in [0.5, 0.6) is 0 Å². The van der Waals surface area contributed by atoms with Gasteiger partial charge in [-0.2, -0.15) is 0 Å². The van der Waals surface area contributed by atoms with E-state index in [9.17, 15) is 14.4 Å². The van der Waals surface area contributed by atoms with Gasteiger partial charge in [0.1, 0.15) is 0 Å². The molecule has 1 heterocycles. The lowest BCUT2D eigenvalue weighted by Gasteiger charge is -2.14. The van der Waals surface area contributed by atoms with Crippen LogP contribution in [0.1, 0.15) is 25.7 Å². The Hall–Kier alpha value is -1.85. The van der Waals surface area contributed by atoms with Gasteiger partial charge in [0, 0.05) is 18.0 Å². The fraction of sp³-hybridized carbons (Fsp3) is 0.389. The maximum atomic E-state index is 12.3. The Labute approximate surface area is 156 Å². The summed E-state index contributed by atoms with van der Waals surface area (Å²) in [5.41, 5.74) is 0.449. The summed E-state index contributed by atoms with van der Waals surface area (Å²) in [5.74, 6) is -0.911. The van der Waals surface area contributed by atoms with Crippen LogP contribution in [0.25, 0.3) is 0 Å². The van der Waals surface area contributed by atoms with Crippen molar-refractivity contribution in [3.8, 4) is 0 Å². The molecule has 7 heteroatoms. The smallest absolute Gasteiger partial charge is 0.233 e. The predicted octanol–water partition coefficient (Wildman–Crippen LogP) is 3.66. The van der Waals surface area contributed by atoms with E-state index in [-0.39, 0.29) is 42.5 Å². The monoisotopic (exact) mass is 380 g/mol. The van der Waals surface area contributed by atoms with Crippen LogP contribution in [0.2, 0.25) is 10.0 Å². The number of rotatable bonds is 5. The highest BCUT2D eigenvalue weighted by Crippen LogP contribution is 2.35. The molecule has 0 unspecified atom stereocenters. The van der Waals surface area contributed by atoms with E-state index >= 15 is 0 Å². The molecule has 5 nitrogen and oxygen atoms in total. The Morgan fingerprint density at radius 2 is 1.76 bits per heavy atom. The van der Waals surface area contributed by atoms with Crippen molar-refractivity contribution in [3.05, 3.63) is 40.4 Å². The van der Waals surface area contributed by atoms with Gasteiger partial charge < -0.3 is 5.32 Å². The normalized spacial score (nSPS) is 22.2. The SMILES string of the molecule is O=C(CCCN1C(=O)[C@H]2CC=CC[C@H]2C1=O)Nc1cc(Cl)ccc1Cl. The Morgan fingerprint density at radius 3 is 2.40 bits per heavy atom. The first kappa shape index (κ1) is 18.0. The molecule has 0 aromatic heterocycles. The van der Waals surface area contributed by atoms with Gasteiger partial charge in [-0.15, -0.1) is 0 Å². The third-order valence-electron chi connectivity index (χ3n) is 4.59. The number of anilines is 1. The molecule has 132 valence electrons. The first-order valence-electron chi connectivity index (χ1n) is 8.22. The third-order valence-corrected chi connectivity index (χ3v) is 5.15. The van der Waals surface area contributed by atoms with Crippen molar-refractivity contribution < 1.29 is 14.4 Å². The molecule has 1 fully saturated rings. The summed E-state index contributed by atoms with van der Waals surface area (Å²) in [6, 6.07) is 4.82. The van der Waals surface area contributed by atoms with E-state index in [1.165, 1.54) is 4.90 Å². The minimum Gasteiger partial charge on any atom is -0.325 e. The molecule has 1 aromatic carbocycles. The molecule has 1 saturated heterocycles. The molecule has 1 aromatic rings. The van der Waals surface area contributed by atoms with Gasteiger partial charge in [-0.1, -0.05) is 35.4 Å². The van der Waals surface area contributed by atoms with E-state index in [0.717, 1.165) is 0 Å². The number of amides is 3. The summed E-state index contributed by atoms with van der Waals surface area (Å²) < 4.78 is 0. The van der Waals surface area contributed by atoms with Gasteiger partial charge in [0.2, 0.25) is 17.7 Å². The second kappa shape index (κ2) is 7.58. The minimum absolute atomic E-state index is 0.113. The van der Waals surface area contributed by atoms with E-state index in [0.29, 0.717) is 35.0 Å². The lowest BCUT2D eigenvalue weighted by Crippen LogP contribution is -2.32. The zero-order valence-corrected chi connectivity index (χ0v) is 15.0. The summed E-state index contributed by atoms with van der Waals surface area (Å²) >= 11 is 11.9. The number of imide groups is 1. The van der Waals surface area contributed by atoms with Crippen molar-refractivity contribution in [1.29, 1.82) is 0 Å². The topological polar surface area (TPSA) is 66.5 Å². The molecule has 2 aliphatic rings. The zero-order chi connectivity index (χ0) is 18.0. The van der Waals surface area contributed by atoms with Gasteiger partial charge >= 0.3 is 0 Å². The molecule has 0 saturated carbocycles. The van der Waals surface area contributed by atoms with E-state index < -0.39 is 0 Å². The highest BCUT2D eigenvalue weighted by atomic mass is 35.5. The Morgan fingerprint density at radius 1 is 1.12 bits per heavy atom. The quantitative estimate of drug-likeness (QED) is 0.625. The van der Waals surface area contributed by atoms with E-state index in [1.54, 1.807) is 18.2 Å². The van der Waals surface area contributed by atoms with Gasteiger partial charge in [-0.3, -0.25) is 19.3 Å². The lowest BCUT2D eigenvalue weighted by molar-refractivity contribution is -0.140. The number of allylic oxidation sites excluding steroid dienone is 2. The Bertz CT molecular complexity index is 722. The number of likely N-dealkylation sites (tertiary alicyclic amines) is 1. The van der Waals surface area contributed by atoms with Gasteiger partial charge in [-0.25, -0.2) is 0 Å². The molecule has 3 rings (SSSR count). The number of halogens is 2. The van der Waals surface area contributed by atoms with Crippen molar-refractivity contribution in [2.24, 2.45) is 11.8 Å². The molecular formula is C18H18Cl2N2O3. The van der Waals surface area contributed by atoms with Crippen LogP contribution >= 0.6 is 23.2 Å². The molecule has 1 aliphatic carbocycles. The van der Waals surface area contributed by atoms with Crippen LogP contribution in [-0.4, -0.2) is 29.2 Å². The van der Waals surface area contributed by atoms with Gasteiger partial charge in [0.25, 0.3) is 0 Å². The Balaban J connectivity index is 1.51. The van der Waals surface area contributed by atoms with Crippen LogP contribution < -0.4 is 5.32 Å². The number of nitrogens with zero attached hydrogens (tertiary/aromatic N) is 1. The van der Waals surface area contributed by atoms with Crippen LogP contribution in [0, 0.1) is 11.8 Å². The highest BCUT2D eigenvalue weighted by Gasteiger charge is 2.46. The number of hydrogen-bond acceptors (Lipinski definition) is 3. The van der Waals surface area contributed by atoms with Crippen molar-refractivity contribution in [2.45, 2.75) is 25.7 Å². The minimum atomic E-state index is -0.234. The van der Waals surface area contributed by atoms with E-state index in [4.69, 9.17) is 23.2 Å². The molecule has 3 amide bonds. The summed E-state index contributed by atoms with van der Waals surface area (Å²) in [5, 5.41) is 3.57. The van der Waals surface area contributed by atoms with Gasteiger partial charge in [0.15, 0.2) is 0 Å². The molecule has 0 spiro atoms. The molecule has 2 atom stereocenters. The van der Waals surface area contributed by atoms with Crippen molar-refractivity contribution in [1.82, 2.24) is 4.90 Å². The number of carbonyl (C=O) groups is 3. The van der Waals surface area contributed by atoms with Gasteiger partial charge in [-0.05, 0) is 37.5 Å². The maximum Gasteiger partial charge on any atom is 0.233 e. The summed E-state index contributed by atoms with van der Waals surface area (Å²) in [7, 11) is 0. The number of nitrogens with one attached hydrogen (secondary N) is 1. The summed E-state index contributed by atoms with van der Waals surface area (Å²) in [6.07, 6.45) is 5.76. The molecule has 1 N–H and O–H groups in total. The second-order valence-electron chi connectivity index (χ2n) is 6.26. The fourth-order valence-electron chi connectivity index (χ4n) is 3.29. The van der Waals surface area contributed by atoms with E-state index in [1.807, 2.05) is 12.2 Å². The molecular weight excluding hydrogens is 363 g/mol. The number of fused-ring (bicyclic) bond motifs is 1. The van der Waals surface area contributed by atoms with Gasteiger partial charge in [0.05, 0.1) is 22.5 Å². The predicted molar refractivity (Wildman–Crippen MR) is 96.4 cm³/mol. The number of hydrogen-bond donors (Lipinski definition) is 1. The molecule has 0 radical (unpaired) electrons. The molecule has 0 bridgehead atoms. The fourth-order valence-corrected chi connectivity index (χ4v) is 3.63. The van der Waals surface area contributed by atoms with Crippen LogP contribution in [0.4, 0.5) is 5.69 Å². The summed E-state index contributed by atoms with van der Waals surface area (Å²) in [6.45, 7) is 0.265. The summed E-state index contributed by atoms with van der Waals surface area (Å²) in [4.78, 5) is 38.0. The number of carbonyl (C=O) groups excluding carboxylic acids is 3. The standard InChI is InChI=1S/C18H18Cl2N2O3/c19-11-7-8-14(20)15(10-11)21-16(23)6-3-9-22-17(24)12-4-1-2-5-13(12)18(22)25/h1-2,7-8,10,12-13H,3-6,9H2,(H,21,23)/t12-,13+. The number of benzene rings is 1. The van der Waals surface area contributed by atoms with E-state index in [2.05, 4.69) is 5.32 Å². The third kappa shape index (κ3) is 3.88. The first-order chi connectivity index (χ1) is 12.0. The lowest BCUT2D eigenvalue weighted by atomic mass is 9.85. The second-order valence-corrected chi connectivity index (χ2v) is 7.10. The van der Waals surface area contributed by atoms with Crippen molar-refractivity contribution >= 4 is 46.6 Å². The average Bonchev–Trinajstić information content (AvgIpc) is 2.83. The van der Waals surface area contributed by atoms with Crippen molar-refractivity contribution in [3.63, 3.8) is 0 Å². The van der Waals surface area contributed by atoms with Crippen LogP contribution in [0.3, 0.4) is 0 Å². The zero-order valence-electron chi connectivity index (χ0n) is 13.5. The first-order valence-corrected chi connectivity index (χ1v) is 8.98. The maximum absolute atomic E-state index is 12.3. The highest BCUT2D eigenvalue weighted by molar-refractivity contribution is 6.35. The average molecular weight is 381 g/mol. The molecule has 1 aliphatic heterocycles.